The van der Waals surface area contributed by atoms with Gasteiger partial charge in [0.1, 0.15) is 0 Å². The fourth-order valence-electron chi connectivity index (χ4n) is 2.54. The zero-order valence-corrected chi connectivity index (χ0v) is 18.0. The fraction of sp³-hybridized carbons (Fsp3) is 0.200. The lowest BCUT2D eigenvalue weighted by molar-refractivity contribution is 0.292. The predicted molar refractivity (Wildman–Crippen MR) is 115 cm³/mol. The number of rotatable bonds is 7. The highest BCUT2D eigenvalue weighted by molar-refractivity contribution is 7.09. The Morgan fingerprint density at radius 2 is 2.00 bits per heavy atom. The number of hydrogen-bond acceptors (Lipinski definition) is 7. The van der Waals surface area contributed by atoms with Gasteiger partial charge in [-0.15, -0.1) is 11.3 Å². The first kappa shape index (κ1) is 21.1. The summed E-state index contributed by atoms with van der Waals surface area (Å²) in [5, 5.41) is 10.3. The summed E-state index contributed by atoms with van der Waals surface area (Å²) in [6, 6.07) is 3.86. The second-order valence-electron chi connectivity index (χ2n) is 5.88. The summed E-state index contributed by atoms with van der Waals surface area (Å²) in [6.45, 7) is 2.39. The lowest BCUT2D eigenvalue weighted by atomic mass is 10.1. The standard InChI is InChI=1S/C20H16Cl2N4O2S/c1-12-19(29-11-26-12)3-4-28-18-6-14(8-25-20(18)27-2)13(7-23)5-15-16(21)9-24-10-17(15)22/h5-6,8-11H,3-4H2,1-2H3/b13-5+. The van der Waals surface area contributed by atoms with Crippen molar-refractivity contribution in [3.63, 3.8) is 0 Å². The summed E-state index contributed by atoms with van der Waals surface area (Å²) < 4.78 is 11.2. The van der Waals surface area contributed by atoms with E-state index in [1.807, 2.05) is 12.4 Å². The molecule has 148 valence electrons. The highest BCUT2D eigenvalue weighted by Crippen LogP contribution is 2.31. The number of methoxy groups -OCH3 is 1. The molecule has 0 bridgehead atoms. The zero-order valence-electron chi connectivity index (χ0n) is 15.6. The molecule has 0 amide bonds. The number of thiazole rings is 1. The lowest BCUT2D eigenvalue weighted by Gasteiger charge is -2.11. The number of ether oxygens (including phenoxy) is 2. The number of aryl methyl sites for hydroxylation is 1. The van der Waals surface area contributed by atoms with E-state index in [1.54, 1.807) is 23.5 Å². The van der Waals surface area contributed by atoms with E-state index in [2.05, 4.69) is 21.0 Å². The van der Waals surface area contributed by atoms with E-state index >= 15 is 0 Å². The first-order valence-electron chi connectivity index (χ1n) is 8.50. The number of allylic oxidation sites excluding steroid dienone is 1. The van der Waals surface area contributed by atoms with Gasteiger partial charge in [0.15, 0.2) is 5.75 Å². The van der Waals surface area contributed by atoms with E-state index in [9.17, 15) is 5.26 Å². The molecular weight excluding hydrogens is 431 g/mol. The van der Waals surface area contributed by atoms with Crippen molar-refractivity contribution in [3.8, 4) is 17.7 Å². The molecule has 6 nitrogen and oxygen atoms in total. The Morgan fingerprint density at radius 1 is 1.24 bits per heavy atom. The van der Waals surface area contributed by atoms with Crippen LogP contribution in [0.5, 0.6) is 11.6 Å². The van der Waals surface area contributed by atoms with E-state index in [1.165, 1.54) is 25.7 Å². The molecule has 0 saturated carbocycles. The van der Waals surface area contributed by atoms with Crippen LogP contribution < -0.4 is 9.47 Å². The second kappa shape index (κ2) is 9.70. The minimum Gasteiger partial charge on any atom is -0.488 e. The van der Waals surface area contributed by atoms with Gasteiger partial charge in [-0.25, -0.2) is 9.97 Å². The van der Waals surface area contributed by atoms with E-state index in [4.69, 9.17) is 32.7 Å². The van der Waals surface area contributed by atoms with E-state index < -0.39 is 0 Å². The fourth-order valence-corrected chi connectivity index (χ4v) is 3.78. The molecular formula is C20H16Cl2N4O2S. The number of hydrogen-bond donors (Lipinski definition) is 0. The van der Waals surface area contributed by atoms with Gasteiger partial charge in [0.05, 0.1) is 46.6 Å². The van der Waals surface area contributed by atoms with E-state index in [-0.39, 0.29) is 0 Å². The minimum atomic E-state index is 0.332. The Balaban J connectivity index is 1.87. The molecule has 0 unspecified atom stereocenters. The number of nitrogens with zero attached hydrogens (tertiary/aromatic N) is 4. The van der Waals surface area contributed by atoms with Crippen LogP contribution in [0.15, 0.2) is 30.2 Å². The number of aromatic nitrogens is 3. The molecule has 0 atom stereocenters. The topological polar surface area (TPSA) is 80.9 Å². The third-order valence-electron chi connectivity index (χ3n) is 4.05. The van der Waals surface area contributed by atoms with Gasteiger partial charge in [0.25, 0.3) is 5.88 Å². The zero-order chi connectivity index (χ0) is 20.8. The quantitative estimate of drug-likeness (QED) is 0.461. The van der Waals surface area contributed by atoms with Gasteiger partial charge in [0.2, 0.25) is 0 Å². The van der Waals surface area contributed by atoms with Gasteiger partial charge in [0, 0.05) is 41.0 Å². The maximum absolute atomic E-state index is 9.65. The average Bonchev–Trinajstić information content (AvgIpc) is 3.12. The second-order valence-corrected chi connectivity index (χ2v) is 7.63. The molecule has 0 N–H and O–H groups in total. The molecule has 0 aliphatic rings. The van der Waals surface area contributed by atoms with Crippen molar-refractivity contribution in [2.75, 3.05) is 13.7 Å². The molecule has 0 fully saturated rings. The van der Waals surface area contributed by atoms with Gasteiger partial charge < -0.3 is 9.47 Å². The third kappa shape index (κ3) is 5.04. The summed E-state index contributed by atoms with van der Waals surface area (Å²) >= 11 is 13.9. The molecule has 3 aromatic heterocycles. The van der Waals surface area contributed by atoms with Gasteiger partial charge >= 0.3 is 0 Å². The molecule has 3 aromatic rings. The summed E-state index contributed by atoms with van der Waals surface area (Å²) in [5.41, 5.74) is 4.21. The minimum absolute atomic E-state index is 0.332. The van der Waals surface area contributed by atoms with Crippen LogP contribution in [0, 0.1) is 18.3 Å². The van der Waals surface area contributed by atoms with Crippen LogP contribution in [-0.2, 0) is 6.42 Å². The molecule has 0 spiro atoms. The number of halogens is 2. The van der Waals surface area contributed by atoms with Gasteiger partial charge in [-0.1, -0.05) is 23.2 Å². The maximum atomic E-state index is 9.65. The van der Waals surface area contributed by atoms with Crippen LogP contribution in [0.25, 0.3) is 11.6 Å². The van der Waals surface area contributed by atoms with E-state index in [0.717, 1.165) is 10.6 Å². The molecule has 0 aromatic carbocycles. The first-order chi connectivity index (χ1) is 14.0. The smallest absolute Gasteiger partial charge is 0.256 e. The maximum Gasteiger partial charge on any atom is 0.256 e. The largest absolute Gasteiger partial charge is 0.488 e. The monoisotopic (exact) mass is 446 g/mol. The highest BCUT2D eigenvalue weighted by atomic mass is 35.5. The Morgan fingerprint density at radius 3 is 2.62 bits per heavy atom. The van der Waals surface area contributed by atoms with Crippen LogP contribution in [-0.4, -0.2) is 28.7 Å². The summed E-state index contributed by atoms with van der Waals surface area (Å²) in [5.74, 6) is 0.785. The third-order valence-corrected chi connectivity index (χ3v) is 5.65. The van der Waals surface area contributed by atoms with Crippen molar-refractivity contribution in [2.45, 2.75) is 13.3 Å². The molecule has 0 radical (unpaired) electrons. The normalized spacial score (nSPS) is 11.2. The van der Waals surface area contributed by atoms with Crippen molar-refractivity contribution >= 4 is 46.2 Å². The first-order valence-corrected chi connectivity index (χ1v) is 10.1. The van der Waals surface area contributed by atoms with Crippen LogP contribution >= 0.6 is 34.5 Å². The van der Waals surface area contributed by atoms with Crippen molar-refractivity contribution in [2.24, 2.45) is 0 Å². The highest BCUT2D eigenvalue weighted by Gasteiger charge is 2.13. The van der Waals surface area contributed by atoms with Crippen LogP contribution in [0.1, 0.15) is 21.7 Å². The van der Waals surface area contributed by atoms with Crippen molar-refractivity contribution in [1.29, 1.82) is 5.26 Å². The SMILES string of the molecule is COc1ncc(/C(C#N)=C/c2c(Cl)cncc2Cl)cc1OCCc1scnc1C. The van der Waals surface area contributed by atoms with Crippen LogP contribution in [0.3, 0.4) is 0 Å². The Bertz CT molecular complexity index is 1070. The lowest BCUT2D eigenvalue weighted by Crippen LogP contribution is -2.04. The van der Waals surface area contributed by atoms with Crippen LogP contribution in [0.2, 0.25) is 10.0 Å². The Hall–Kier alpha value is -2.66. The number of pyridine rings is 2. The summed E-state index contributed by atoms with van der Waals surface area (Å²) in [6.07, 6.45) is 6.79. The molecule has 0 aliphatic carbocycles. The molecule has 9 heteroatoms. The molecule has 3 heterocycles. The molecule has 29 heavy (non-hydrogen) atoms. The summed E-state index contributed by atoms with van der Waals surface area (Å²) in [7, 11) is 1.51. The van der Waals surface area contributed by atoms with Gasteiger partial charge in [-0.05, 0) is 19.1 Å². The van der Waals surface area contributed by atoms with E-state index in [0.29, 0.717) is 51.4 Å². The predicted octanol–water partition coefficient (Wildman–Crippen LogP) is 5.24. The number of nitriles is 1. The van der Waals surface area contributed by atoms with Crippen LogP contribution in [0.4, 0.5) is 0 Å². The van der Waals surface area contributed by atoms with Gasteiger partial charge in [-0.2, -0.15) is 5.26 Å². The van der Waals surface area contributed by atoms with Gasteiger partial charge in [-0.3, -0.25) is 4.98 Å². The Kier molecular flexibility index (Phi) is 7.04. The van der Waals surface area contributed by atoms with Crippen molar-refractivity contribution in [3.05, 3.63) is 61.9 Å². The summed E-state index contributed by atoms with van der Waals surface area (Å²) in [4.78, 5) is 13.6. The van der Waals surface area contributed by atoms with Crippen molar-refractivity contribution < 1.29 is 9.47 Å². The molecule has 3 rings (SSSR count). The Labute approximate surface area is 182 Å². The average molecular weight is 447 g/mol. The molecule has 0 saturated heterocycles. The van der Waals surface area contributed by atoms with Crippen molar-refractivity contribution in [1.82, 2.24) is 15.0 Å². The molecule has 0 aliphatic heterocycles.